The summed E-state index contributed by atoms with van der Waals surface area (Å²) in [6, 6.07) is 0. The molecule has 92 valence electrons. The summed E-state index contributed by atoms with van der Waals surface area (Å²) in [6.07, 6.45) is 3.63. The van der Waals surface area contributed by atoms with E-state index in [1.807, 2.05) is 12.5 Å². The smallest absolute Gasteiger partial charge is 0.123 e. The summed E-state index contributed by atoms with van der Waals surface area (Å²) in [5.41, 5.74) is 7.96. The molecule has 2 heterocycles. The van der Waals surface area contributed by atoms with Crippen molar-refractivity contribution in [3.05, 3.63) is 17.5 Å². The van der Waals surface area contributed by atoms with Crippen molar-refractivity contribution < 1.29 is 0 Å². The van der Waals surface area contributed by atoms with Gasteiger partial charge in [-0.15, -0.1) is 11.3 Å². The van der Waals surface area contributed by atoms with Crippen LogP contribution >= 0.6 is 11.3 Å². The van der Waals surface area contributed by atoms with Crippen molar-refractivity contribution in [1.82, 2.24) is 14.5 Å². The van der Waals surface area contributed by atoms with Gasteiger partial charge in [0.25, 0.3) is 0 Å². The van der Waals surface area contributed by atoms with Crippen LogP contribution in [0.25, 0.3) is 11.4 Å². The molecule has 2 N–H and O–H groups in total. The highest BCUT2D eigenvalue weighted by atomic mass is 32.1. The Morgan fingerprint density at radius 3 is 2.65 bits per heavy atom. The molecule has 0 aliphatic carbocycles. The lowest BCUT2D eigenvalue weighted by molar-refractivity contribution is 0.585. The Morgan fingerprint density at radius 2 is 2.12 bits per heavy atom. The van der Waals surface area contributed by atoms with E-state index in [1.54, 1.807) is 11.3 Å². The van der Waals surface area contributed by atoms with Gasteiger partial charge in [0.1, 0.15) is 15.7 Å². The minimum atomic E-state index is 0.0358. The Labute approximate surface area is 106 Å². The van der Waals surface area contributed by atoms with E-state index in [4.69, 9.17) is 5.73 Å². The molecular formula is C12H18N4S. The van der Waals surface area contributed by atoms with Gasteiger partial charge in [0.05, 0.1) is 18.2 Å². The van der Waals surface area contributed by atoms with E-state index in [0.717, 1.165) is 27.9 Å². The number of nitrogen functional groups attached to an aromatic ring is 1. The summed E-state index contributed by atoms with van der Waals surface area (Å²) in [5, 5.41) is 1.83. The molecule has 0 atom stereocenters. The summed E-state index contributed by atoms with van der Waals surface area (Å²) < 4.78 is 2.05. The first kappa shape index (κ1) is 12.1. The fourth-order valence-electron chi connectivity index (χ4n) is 1.61. The Balaban J connectivity index is 2.50. The third-order valence-electron chi connectivity index (χ3n) is 2.59. The summed E-state index contributed by atoms with van der Waals surface area (Å²) in [4.78, 5) is 8.82. The summed E-state index contributed by atoms with van der Waals surface area (Å²) in [7, 11) is 0. The number of aryl methyl sites for hydroxylation is 1. The average Bonchev–Trinajstić information content (AvgIpc) is 2.81. The molecule has 0 radical (unpaired) electrons. The molecule has 0 saturated carbocycles. The number of thiazole rings is 1. The topological polar surface area (TPSA) is 56.7 Å². The van der Waals surface area contributed by atoms with Crippen LogP contribution in [0.1, 0.15) is 32.7 Å². The average molecular weight is 250 g/mol. The minimum Gasteiger partial charge on any atom is -0.389 e. The molecule has 2 aromatic rings. The molecule has 0 aliphatic heterocycles. The fraction of sp³-hybridized carbons (Fsp3) is 0.500. The van der Waals surface area contributed by atoms with Crippen LogP contribution in [0.15, 0.2) is 12.5 Å². The van der Waals surface area contributed by atoms with Gasteiger partial charge in [-0.2, -0.15) is 0 Å². The van der Waals surface area contributed by atoms with E-state index in [2.05, 4.69) is 42.2 Å². The van der Waals surface area contributed by atoms with Crippen molar-refractivity contribution in [3.8, 4) is 11.4 Å². The van der Waals surface area contributed by atoms with E-state index < -0.39 is 0 Å². The SMILES string of the molecule is CCn1cncc1-c1nc(C(C)(C)C)sc1N. The molecule has 0 amide bonds. The third kappa shape index (κ3) is 2.20. The molecule has 2 aromatic heterocycles. The van der Waals surface area contributed by atoms with Crippen LogP contribution in [0.3, 0.4) is 0 Å². The third-order valence-corrected chi connectivity index (χ3v) is 3.90. The van der Waals surface area contributed by atoms with Gasteiger partial charge >= 0.3 is 0 Å². The maximum absolute atomic E-state index is 6.07. The number of anilines is 1. The predicted octanol–water partition coefficient (Wildman–Crippen LogP) is 2.91. The number of nitrogens with zero attached hydrogens (tertiary/aromatic N) is 3. The van der Waals surface area contributed by atoms with Crippen molar-refractivity contribution in [3.63, 3.8) is 0 Å². The van der Waals surface area contributed by atoms with Crippen molar-refractivity contribution in [2.75, 3.05) is 5.73 Å². The molecular weight excluding hydrogens is 232 g/mol. The normalized spacial score (nSPS) is 12.0. The van der Waals surface area contributed by atoms with E-state index in [-0.39, 0.29) is 5.41 Å². The lowest BCUT2D eigenvalue weighted by Gasteiger charge is -2.13. The van der Waals surface area contributed by atoms with Gasteiger partial charge in [0.2, 0.25) is 0 Å². The summed E-state index contributed by atoms with van der Waals surface area (Å²) in [5.74, 6) is 0. The van der Waals surface area contributed by atoms with Crippen molar-refractivity contribution in [2.24, 2.45) is 0 Å². The number of rotatable bonds is 2. The number of imidazole rings is 1. The van der Waals surface area contributed by atoms with Gasteiger partial charge in [0.15, 0.2) is 0 Å². The standard InChI is InChI=1S/C12H18N4S/c1-5-16-7-14-6-8(16)9-10(13)17-11(15-9)12(2,3)4/h6-7H,5,13H2,1-4H3. The minimum absolute atomic E-state index is 0.0358. The monoisotopic (exact) mass is 250 g/mol. The van der Waals surface area contributed by atoms with Gasteiger partial charge in [-0.05, 0) is 6.92 Å². The first-order chi connectivity index (χ1) is 7.93. The van der Waals surface area contributed by atoms with Gasteiger partial charge < -0.3 is 10.3 Å². The van der Waals surface area contributed by atoms with E-state index in [1.165, 1.54) is 0 Å². The summed E-state index contributed by atoms with van der Waals surface area (Å²) in [6.45, 7) is 9.39. The highest BCUT2D eigenvalue weighted by Gasteiger charge is 2.22. The largest absolute Gasteiger partial charge is 0.389 e. The van der Waals surface area contributed by atoms with Crippen LogP contribution in [0.2, 0.25) is 0 Å². The van der Waals surface area contributed by atoms with Crippen LogP contribution in [0, 0.1) is 0 Å². The molecule has 17 heavy (non-hydrogen) atoms. The Morgan fingerprint density at radius 1 is 1.41 bits per heavy atom. The number of hydrogen-bond donors (Lipinski definition) is 1. The quantitative estimate of drug-likeness (QED) is 0.891. The molecule has 0 spiro atoms. The number of nitrogens with two attached hydrogens (primary N) is 1. The van der Waals surface area contributed by atoms with Crippen LogP contribution in [-0.2, 0) is 12.0 Å². The van der Waals surface area contributed by atoms with E-state index in [9.17, 15) is 0 Å². The lowest BCUT2D eigenvalue weighted by atomic mass is 9.98. The lowest BCUT2D eigenvalue weighted by Crippen LogP contribution is -2.10. The van der Waals surface area contributed by atoms with Gasteiger partial charge in [-0.3, -0.25) is 0 Å². The van der Waals surface area contributed by atoms with Crippen molar-refractivity contribution in [1.29, 1.82) is 0 Å². The Hall–Kier alpha value is -1.36. The van der Waals surface area contributed by atoms with Crippen molar-refractivity contribution in [2.45, 2.75) is 39.7 Å². The molecule has 0 aliphatic rings. The highest BCUT2D eigenvalue weighted by Crippen LogP contribution is 2.35. The van der Waals surface area contributed by atoms with Crippen LogP contribution < -0.4 is 5.73 Å². The van der Waals surface area contributed by atoms with Gasteiger partial charge in [-0.1, -0.05) is 20.8 Å². The second-order valence-electron chi connectivity index (χ2n) is 5.05. The zero-order chi connectivity index (χ0) is 12.6. The van der Waals surface area contributed by atoms with Crippen LogP contribution in [0.4, 0.5) is 5.00 Å². The Bertz CT molecular complexity index is 519. The van der Waals surface area contributed by atoms with Crippen LogP contribution in [-0.4, -0.2) is 14.5 Å². The first-order valence-corrected chi connectivity index (χ1v) is 6.52. The second-order valence-corrected chi connectivity index (χ2v) is 6.08. The zero-order valence-corrected chi connectivity index (χ0v) is 11.5. The molecule has 0 unspecified atom stereocenters. The second kappa shape index (κ2) is 4.14. The molecule has 0 aromatic carbocycles. The molecule has 5 heteroatoms. The van der Waals surface area contributed by atoms with Crippen LogP contribution in [0.5, 0.6) is 0 Å². The number of aromatic nitrogens is 3. The fourth-order valence-corrected chi connectivity index (χ4v) is 2.50. The highest BCUT2D eigenvalue weighted by molar-refractivity contribution is 7.16. The van der Waals surface area contributed by atoms with E-state index in [0.29, 0.717) is 0 Å². The van der Waals surface area contributed by atoms with Crippen molar-refractivity contribution >= 4 is 16.3 Å². The number of hydrogen-bond acceptors (Lipinski definition) is 4. The maximum atomic E-state index is 6.07. The molecule has 4 nitrogen and oxygen atoms in total. The molecule has 0 saturated heterocycles. The molecule has 2 rings (SSSR count). The Kier molecular flexibility index (Phi) is 2.95. The predicted molar refractivity (Wildman–Crippen MR) is 72.1 cm³/mol. The first-order valence-electron chi connectivity index (χ1n) is 5.70. The summed E-state index contributed by atoms with van der Waals surface area (Å²) >= 11 is 1.56. The van der Waals surface area contributed by atoms with E-state index >= 15 is 0 Å². The molecule has 0 bridgehead atoms. The van der Waals surface area contributed by atoms with Gasteiger partial charge in [0, 0.05) is 12.0 Å². The maximum Gasteiger partial charge on any atom is 0.123 e. The molecule has 0 fully saturated rings. The van der Waals surface area contributed by atoms with Gasteiger partial charge in [-0.25, -0.2) is 9.97 Å². The zero-order valence-electron chi connectivity index (χ0n) is 10.7.